The Morgan fingerprint density at radius 3 is 2.50 bits per heavy atom. The average Bonchev–Trinajstić information content (AvgIpc) is 3.30. The first-order valence-electron chi connectivity index (χ1n) is 8.70. The lowest BCUT2D eigenvalue weighted by atomic mass is 9.78. The first-order valence-corrected chi connectivity index (χ1v) is 8.70. The fourth-order valence-corrected chi connectivity index (χ4v) is 4.50. The van der Waals surface area contributed by atoms with Crippen molar-refractivity contribution in [3.63, 3.8) is 0 Å². The van der Waals surface area contributed by atoms with E-state index in [2.05, 4.69) is 5.32 Å². The number of aliphatic carboxylic acids is 1. The molecule has 3 aliphatic carbocycles. The topological polar surface area (TPSA) is 49.3 Å². The summed E-state index contributed by atoms with van der Waals surface area (Å²) in [6.45, 7) is 0.930. The summed E-state index contributed by atoms with van der Waals surface area (Å²) in [6, 6.07) is 0.658. The Balaban J connectivity index is 1.46. The van der Waals surface area contributed by atoms with Crippen LogP contribution in [0.3, 0.4) is 0 Å². The van der Waals surface area contributed by atoms with Crippen LogP contribution in [0.5, 0.6) is 0 Å². The molecule has 3 saturated carbocycles. The van der Waals surface area contributed by atoms with E-state index in [9.17, 15) is 9.90 Å². The Bertz CT molecular complexity index is 340. The quantitative estimate of drug-likeness (QED) is 0.810. The van der Waals surface area contributed by atoms with Gasteiger partial charge in [0.05, 0.1) is 5.92 Å². The van der Waals surface area contributed by atoms with Crippen LogP contribution < -0.4 is 5.32 Å². The molecule has 0 aliphatic heterocycles. The number of carboxylic acid groups (broad SMARTS) is 1. The minimum atomic E-state index is -0.573. The van der Waals surface area contributed by atoms with Crippen LogP contribution in [-0.4, -0.2) is 23.7 Å². The largest absolute Gasteiger partial charge is 0.481 e. The van der Waals surface area contributed by atoms with Crippen LogP contribution in [0, 0.1) is 23.7 Å². The molecule has 3 fully saturated rings. The second kappa shape index (κ2) is 6.46. The molecule has 3 heteroatoms. The SMILES string of the molecule is O=C(O)C1CCCCC1CNC1CCCC(C2CC2)C1. The van der Waals surface area contributed by atoms with E-state index >= 15 is 0 Å². The predicted octanol–water partition coefficient (Wildman–Crippen LogP) is 3.44. The molecular weight excluding hydrogens is 250 g/mol. The van der Waals surface area contributed by atoms with Crippen LogP contribution in [0.2, 0.25) is 0 Å². The maximum absolute atomic E-state index is 11.3. The second-order valence-corrected chi connectivity index (χ2v) is 7.36. The third-order valence-electron chi connectivity index (χ3n) is 5.90. The minimum absolute atomic E-state index is 0.0981. The Hall–Kier alpha value is -0.570. The van der Waals surface area contributed by atoms with Gasteiger partial charge in [-0.3, -0.25) is 4.79 Å². The van der Waals surface area contributed by atoms with Gasteiger partial charge in [0.1, 0.15) is 0 Å². The molecule has 20 heavy (non-hydrogen) atoms. The molecule has 0 aromatic rings. The molecular formula is C17H29NO2. The summed E-state index contributed by atoms with van der Waals surface area (Å²) in [7, 11) is 0. The van der Waals surface area contributed by atoms with Gasteiger partial charge in [-0.25, -0.2) is 0 Å². The number of hydrogen-bond donors (Lipinski definition) is 2. The van der Waals surface area contributed by atoms with Gasteiger partial charge in [0, 0.05) is 6.04 Å². The number of rotatable bonds is 5. The van der Waals surface area contributed by atoms with Crippen molar-refractivity contribution in [1.82, 2.24) is 5.32 Å². The molecule has 0 aromatic carbocycles. The number of carboxylic acids is 1. The van der Waals surface area contributed by atoms with Gasteiger partial charge in [0.2, 0.25) is 0 Å². The van der Waals surface area contributed by atoms with E-state index in [-0.39, 0.29) is 5.92 Å². The zero-order valence-corrected chi connectivity index (χ0v) is 12.5. The van der Waals surface area contributed by atoms with E-state index in [1.165, 1.54) is 44.9 Å². The second-order valence-electron chi connectivity index (χ2n) is 7.36. The third kappa shape index (κ3) is 3.55. The number of carbonyl (C=O) groups is 1. The van der Waals surface area contributed by atoms with Crippen molar-refractivity contribution in [3.8, 4) is 0 Å². The number of hydrogen-bond acceptors (Lipinski definition) is 2. The van der Waals surface area contributed by atoms with Gasteiger partial charge in [-0.1, -0.05) is 25.7 Å². The first kappa shape index (κ1) is 14.4. The summed E-state index contributed by atoms with van der Waals surface area (Å²) >= 11 is 0. The van der Waals surface area contributed by atoms with Crippen LogP contribution in [-0.2, 0) is 4.79 Å². The highest BCUT2D eigenvalue weighted by atomic mass is 16.4. The van der Waals surface area contributed by atoms with Gasteiger partial charge in [-0.15, -0.1) is 0 Å². The summed E-state index contributed by atoms with van der Waals surface area (Å²) in [5.41, 5.74) is 0. The van der Waals surface area contributed by atoms with Crippen LogP contribution in [0.25, 0.3) is 0 Å². The summed E-state index contributed by atoms with van der Waals surface area (Å²) in [4.78, 5) is 11.3. The fourth-order valence-electron chi connectivity index (χ4n) is 4.50. The van der Waals surface area contributed by atoms with Gasteiger partial charge >= 0.3 is 5.97 Å². The molecule has 2 N–H and O–H groups in total. The molecule has 0 amide bonds. The fraction of sp³-hybridized carbons (Fsp3) is 0.941. The van der Waals surface area contributed by atoms with Crippen molar-refractivity contribution in [2.75, 3.05) is 6.54 Å². The highest BCUT2D eigenvalue weighted by Crippen LogP contribution is 2.44. The minimum Gasteiger partial charge on any atom is -0.481 e. The predicted molar refractivity (Wildman–Crippen MR) is 79.6 cm³/mol. The van der Waals surface area contributed by atoms with Crippen molar-refractivity contribution in [2.45, 2.75) is 70.3 Å². The van der Waals surface area contributed by atoms with Crippen LogP contribution in [0.15, 0.2) is 0 Å². The molecule has 0 heterocycles. The summed E-state index contributed by atoms with van der Waals surface area (Å²) < 4.78 is 0. The molecule has 4 atom stereocenters. The van der Waals surface area contributed by atoms with E-state index in [0.29, 0.717) is 12.0 Å². The average molecular weight is 279 g/mol. The van der Waals surface area contributed by atoms with E-state index < -0.39 is 5.97 Å². The van der Waals surface area contributed by atoms with Gasteiger partial charge in [0.15, 0.2) is 0 Å². The molecule has 3 aliphatic rings. The Labute approximate surface area is 122 Å². The molecule has 0 saturated heterocycles. The normalized spacial score (nSPS) is 38.6. The van der Waals surface area contributed by atoms with Gasteiger partial charge in [-0.05, 0) is 62.8 Å². The van der Waals surface area contributed by atoms with E-state index in [1.807, 2.05) is 0 Å². The van der Waals surface area contributed by atoms with E-state index in [1.54, 1.807) is 0 Å². The lowest BCUT2D eigenvalue weighted by molar-refractivity contribution is -0.144. The van der Waals surface area contributed by atoms with Crippen molar-refractivity contribution >= 4 is 5.97 Å². The van der Waals surface area contributed by atoms with Crippen molar-refractivity contribution in [2.24, 2.45) is 23.7 Å². The third-order valence-corrected chi connectivity index (χ3v) is 5.90. The van der Waals surface area contributed by atoms with Crippen molar-refractivity contribution < 1.29 is 9.90 Å². The molecule has 0 bridgehead atoms. The highest BCUT2D eigenvalue weighted by Gasteiger charge is 2.35. The molecule has 114 valence electrons. The van der Waals surface area contributed by atoms with Crippen LogP contribution in [0.1, 0.15) is 64.2 Å². The van der Waals surface area contributed by atoms with Crippen molar-refractivity contribution in [1.29, 1.82) is 0 Å². The Morgan fingerprint density at radius 1 is 0.950 bits per heavy atom. The lowest BCUT2D eigenvalue weighted by Crippen LogP contribution is -2.41. The molecule has 0 aromatic heterocycles. The first-order chi connectivity index (χ1) is 9.74. The number of nitrogens with one attached hydrogen (secondary N) is 1. The molecule has 0 radical (unpaired) electrons. The Kier molecular flexibility index (Phi) is 4.65. The summed E-state index contributed by atoms with van der Waals surface area (Å²) in [5, 5.41) is 13.1. The van der Waals surface area contributed by atoms with Crippen LogP contribution in [0.4, 0.5) is 0 Å². The smallest absolute Gasteiger partial charge is 0.306 e. The highest BCUT2D eigenvalue weighted by molar-refractivity contribution is 5.70. The zero-order valence-electron chi connectivity index (χ0n) is 12.5. The molecule has 3 nitrogen and oxygen atoms in total. The lowest BCUT2D eigenvalue weighted by Gasteiger charge is -2.34. The maximum atomic E-state index is 11.3. The zero-order chi connectivity index (χ0) is 13.9. The molecule has 0 spiro atoms. The monoisotopic (exact) mass is 279 g/mol. The summed E-state index contributed by atoms with van der Waals surface area (Å²) in [6.07, 6.45) is 12.7. The van der Waals surface area contributed by atoms with Gasteiger partial charge < -0.3 is 10.4 Å². The van der Waals surface area contributed by atoms with E-state index in [4.69, 9.17) is 0 Å². The van der Waals surface area contributed by atoms with E-state index in [0.717, 1.165) is 37.6 Å². The van der Waals surface area contributed by atoms with Gasteiger partial charge in [-0.2, -0.15) is 0 Å². The molecule has 3 rings (SSSR count). The molecule has 4 unspecified atom stereocenters. The van der Waals surface area contributed by atoms with Crippen LogP contribution >= 0.6 is 0 Å². The standard InChI is InChI=1S/C17H29NO2/c19-17(20)16-7-2-1-4-14(16)11-18-15-6-3-5-13(10-15)12-8-9-12/h12-16,18H,1-11H2,(H,19,20). The van der Waals surface area contributed by atoms with Gasteiger partial charge in [0.25, 0.3) is 0 Å². The Morgan fingerprint density at radius 2 is 1.75 bits per heavy atom. The summed E-state index contributed by atoms with van der Waals surface area (Å²) in [5.74, 6) is 1.68. The van der Waals surface area contributed by atoms with Crippen molar-refractivity contribution in [3.05, 3.63) is 0 Å². The maximum Gasteiger partial charge on any atom is 0.306 e.